The third-order valence-corrected chi connectivity index (χ3v) is 5.32. The van der Waals surface area contributed by atoms with Crippen molar-refractivity contribution in [2.75, 3.05) is 6.54 Å². The third-order valence-electron chi connectivity index (χ3n) is 3.55. The number of hydrogen-bond donors (Lipinski definition) is 2. The number of aryl methyl sites for hydroxylation is 3. The molecule has 0 heterocycles. The van der Waals surface area contributed by atoms with Crippen molar-refractivity contribution in [2.45, 2.75) is 32.1 Å². The molecule has 5 heteroatoms. The fourth-order valence-electron chi connectivity index (χ4n) is 2.71. The first-order valence-electron chi connectivity index (χ1n) is 7.15. The van der Waals surface area contributed by atoms with Crippen LogP contribution in [0, 0.1) is 20.8 Å². The molecular formula is C17H21NO3S. The van der Waals surface area contributed by atoms with Gasteiger partial charge in [-0.05, 0) is 49.9 Å². The van der Waals surface area contributed by atoms with E-state index in [1.165, 1.54) is 0 Å². The summed E-state index contributed by atoms with van der Waals surface area (Å²) in [5.74, 6) is 0.185. The Bertz CT molecular complexity index is 759. The number of rotatable bonds is 5. The van der Waals surface area contributed by atoms with Gasteiger partial charge >= 0.3 is 0 Å². The number of aromatic hydroxyl groups is 1. The minimum absolute atomic E-state index is 0.185. The molecule has 0 aliphatic carbocycles. The molecule has 0 fully saturated rings. The summed E-state index contributed by atoms with van der Waals surface area (Å²) in [7, 11) is -3.55. The number of para-hydroxylation sites is 1. The van der Waals surface area contributed by atoms with Crippen LogP contribution in [0.4, 0.5) is 0 Å². The molecule has 2 aromatic rings. The van der Waals surface area contributed by atoms with E-state index in [1.807, 2.05) is 25.1 Å². The van der Waals surface area contributed by atoms with Crippen molar-refractivity contribution in [1.82, 2.24) is 4.72 Å². The molecule has 0 unspecified atom stereocenters. The highest BCUT2D eigenvalue weighted by molar-refractivity contribution is 7.89. The molecule has 0 radical (unpaired) electrons. The topological polar surface area (TPSA) is 66.4 Å². The number of benzene rings is 2. The lowest BCUT2D eigenvalue weighted by molar-refractivity contribution is 0.467. The second-order valence-electron chi connectivity index (χ2n) is 5.50. The zero-order chi connectivity index (χ0) is 16.3. The quantitative estimate of drug-likeness (QED) is 0.890. The van der Waals surface area contributed by atoms with Crippen molar-refractivity contribution < 1.29 is 13.5 Å². The Labute approximate surface area is 131 Å². The minimum Gasteiger partial charge on any atom is -0.508 e. The summed E-state index contributed by atoms with van der Waals surface area (Å²) in [5, 5.41) is 9.70. The molecular weight excluding hydrogens is 298 g/mol. The molecule has 2 rings (SSSR count). The van der Waals surface area contributed by atoms with Crippen LogP contribution in [0.1, 0.15) is 22.3 Å². The molecule has 0 aliphatic heterocycles. The highest BCUT2D eigenvalue weighted by Gasteiger charge is 2.19. The Morgan fingerprint density at radius 3 is 2.23 bits per heavy atom. The molecule has 0 aromatic heterocycles. The normalized spacial score (nSPS) is 11.6. The van der Waals surface area contributed by atoms with Crippen LogP contribution in [0.15, 0.2) is 41.3 Å². The summed E-state index contributed by atoms with van der Waals surface area (Å²) in [4.78, 5) is 0.343. The maximum atomic E-state index is 12.5. The molecule has 0 aliphatic rings. The highest BCUT2D eigenvalue weighted by atomic mass is 32.2. The smallest absolute Gasteiger partial charge is 0.241 e. The van der Waals surface area contributed by atoms with Crippen LogP contribution in [0.2, 0.25) is 0 Å². The number of sulfonamides is 1. The second-order valence-corrected chi connectivity index (χ2v) is 7.21. The number of phenols is 1. The lowest BCUT2D eigenvalue weighted by Gasteiger charge is -2.13. The average molecular weight is 319 g/mol. The number of hydrogen-bond acceptors (Lipinski definition) is 3. The van der Waals surface area contributed by atoms with Crippen molar-refractivity contribution in [1.29, 1.82) is 0 Å². The molecule has 0 saturated heterocycles. The molecule has 2 aromatic carbocycles. The Morgan fingerprint density at radius 1 is 1.05 bits per heavy atom. The monoisotopic (exact) mass is 319 g/mol. The van der Waals surface area contributed by atoms with E-state index >= 15 is 0 Å². The Balaban J connectivity index is 2.14. The first-order chi connectivity index (χ1) is 10.3. The molecule has 118 valence electrons. The summed E-state index contributed by atoms with van der Waals surface area (Å²) in [6.07, 6.45) is 0.440. The Morgan fingerprint density at radius 2 is 1.64 bits per heavy atom. The fourth-order valence-corrected chi connectivity index (χ4v) is 4.19. The van der Waals surface area contributed by atoms with Gasteiger partial charge < -0.3 is 5.11 Å². The van der Waals surface area contributed by atoms with Gasteiger partial charge in [0.05, 0.1) is 4.90 Å². The van der Waals surface area contributed by atoms with Crippen LogP contribution >= 0.6 is 0 Å². The minimum atomic E-state index is -3.55. The summed E-state index contributed by atoms with van der Waals surface area (Å²) in [6.45, 7) is 5.80. The maximum Gasteiger partial charge on any atom is 0.241 e. The summed E-state index contributed by atoms with van der Waals surface area (Å²) < 4.78 is 27.6. The number of nitrogens with one attached hydrogen (secondary N) is 1. The molecule has 22 heavy (non-hydrogen) atoms. The molecule has 4 nitrogen and oxygen atoms in total. The van der Waals surface area contributed by atoms with Gasteiger partial charge in [0.2, 0.25) is 10.0 Å². The lowest BCUT2D eigenvalue weighted by Crippen LogP contribution is -2.27. The molecule has 0 saturated carbocycles. The van der Waals surface area contributed by atoms with Gasteiger partial charge in [-0.2, -0.15) is 0 Å². The van der Waals surface area contributed by atoms with E-state index in [-0.39, 0.29) is 12.3 Å². The van der Waals surface area contributed by atoms with Crippen LogP contribution in [0.5, 0.6) is 5.75 Å². The van der Waals surface area contributed by atoms with Crippen molar-refractivity contribution in [3.63, 3.8) is 0 Å². The van der Waals surface area contributed by atoms with Gasteiger partial charge in [0.15, 0.2) is 0 Å². The lowest BCUT2D eigenvalue weighted by atomic mass is 10.1. The third kappa shape index (κ3) is 3.67. The standard InChI is InChI=1S/C17H21NO3S/c1-12-10-13(2)17(14(3)11-12)22(20,21)18-9-8-15-6-4-5-7-16(15)19/h4-7,10-11,18-19H,8-9H2,1-3H3. The fraction of sp³-hybridized carbons (Fsp3) is 0.294. The Kier molecular flexibility index (Phi) is 4.88. The van der Waals surface area contributed by atoms with Gasteiger partial charge in [-0.1, -0.05) is 35.9 Å². The zero-order valence-corrected chi connectivity index (χ0v) is 13.9. The van der Waals surface area contributed by atoms with Crippen LogP contribution < -0.4 is 4.72 Å². The molecule has 0 spiro atoms. The summed E-state index contributed by atoms with van der Waals surface area (Å²) in [5.41, 5.74) is 3.26. The SMILES string of the molecule is Cc1cc(C)c(S(=O)(=O)NCCc2ccccc2O)c(C)c1. The van der Waals surface area contributed by atoms with Crippen molar-refractivity contribution >= 4 is 10.0 Å². The van der Waals surface area contributed by atoms with E-state index in [0.717, 1.165) is 22.3 Å². The van der Waals surface area contributed by atoms with E-state index < -0.39 is 10.0 Å². The van der Waals surface area contributed by atoms with E-state index in [4.69, 9.17) is 0 Å². The van der Waals surface area contributed by atoms with Gasteiger partial charge in [-0.3, -0.25) is 0 Å². The van der Waals surface area contributed by atoms with Crippen molar-refractivity contribution in [2.24, 2.45) is 0 Å². The first kappa shape index (κ1) is 16.5. The summed E-state index contributed by atoms with van der Waals surface area (Å²) >= 11 is 0. The van der Waals surface area contributed by atoms with Gasteiger partial charge in [-0.15, -0.1) is 0 Å². The number of phenolic OH excluding ortho intramolecular Hbond substituents is 1. The molecule has 0 bridgehead atoms. The molecule has 2 N–H and O–H groups in total. The van der Waals surface area contributed by atoms with E-state index in [1.54, 1.807) is 32.0 Å². The van der Waals surface area contributed by atoms with Crippen LogP contribution in [-0.2, 0) is 16.4 Å². The maximum absolute atomic E-state index is 12.5. The van der Waals surface area contributed by atoms with Gasteiger partial charge in [0, 0.05) is 6.54 Å². The molecule has 0 atom stereocenters. The van der Waals surface area contributed by atoms with Crippen LogP contribution in [-0.4, -0.2) is 20.1 Å². The predicted molar refractivity (Wildman–Crippen MR) is 87.7 cm³/mol. The van der Waals surface area contributed by atoms with E-state index in [2.05, 4.69) is 4.72 Å². The largest absolute Gasteiger partial charge is 0.508 e. The second kappa shape index (κ2) is 6.50. The van der Waals surface area contributed by atoms with Crippen molar-refractivity contribution in [3.8, 4) is 5.75 Å². The van der Waals surface area contributed by atoms with Gasteiger partial charge in [0.25, 0.3) is 0 Å². The van der Waals surface area contributed by atoms with Gasteiger partial charge in [0.1, 0.15) is 5.75 Å². The molecule has 0 amide bonds. The highest BCUT2D eigenvalue weighted by Crippen LogP contribution is 2.22. The Hall–Kier alpha value is -1.85. The predicted octanol–water partition coefficient (Wildman–Crippen LogP) is 2.84. The van der Waals surface area contributed by atoms with E-state index in [9.17, 15) is 13.5 Å². The average Bonchev–Trinajstić information content (AvgIpc) is 2.39. The van der Waals surface area contributed by atoms with Gasteiger partial charge in [-0.25, -0.2) is 13.1 Å². The van der Waals surface area contributed by atoms with E-state index in [0.29, 0.717) is 11.3 Å². The van der Waals surface area contributed by atoms with Crippen molar-refractivity contribution in [3.05, 3.63) is 58.7 Å². The van der Waals surface area contributed by atoms with Crippen LogP contribution in [0.25, 0.3) is 0 Å². The van der Waals surface area contributed by atoms with Crippen LogP contribution in [0.3, 0.4) is 0 Å². The zero-order valence-electron chi connectivity index (χ0n) is 13.1. The summed E-state index contributed by atoms with van der Waals surface area (Å²) in [6, 6.07) is 10.7. The first-order valence-corrected chi connectivity index (χ1v) is 8.64.